The second-order valence-electron chi connectivity index (χ2n) is 10.4. The Balaban J connectivity index is 1.36. The van der Waals surface area contributed by atoms with Crippen molar-refractivity contribution in [1.82, 2.24) is 9.80 Å². The summed E-state index contributed by atoms with van der Waals surface area (Å²) in [6, 6.07) is 12.3. The Kier molecular flexibility index (Phi) is 9.21. The van der Waals surface area contributed by atoms with Crippen molar-refractivity contribution >= 4 is 17.5 Å². The molecule has 1 amide bonds. The Morgan fingerprint density at radius 3 is 2.40 bits per heavy atom. The summed E-state index contributed by atoms with van der Waals surface area (Å²) in [4.78, 5) is 17.5. The van der Waals surface area contributed by atoms with Gasteiger partial charge in [-0.3, -0.25) is 4.79 Å². The van der Waals surface area contributed by atoms with Crippen molar-refractivity contribution in [3.05, 3.63) is 70.0 Å². The maximum absolute atomic E-state index is 14.2. The van der Waals surface area contributed by atoms with Crippen LogP contribution in [0.3, 0.4) is 0 Å². The highest BCUT2D eigenvalue weighted by molar-refractivity contribution is 6.30. The smallest absolute Gasteiger partial charge is 0.239 e. The monoisotopic (exact) mass is 499 g/mol. The van der Waals surface area contributed by atoms with Crippen LogP contribution in [0.15, 0.2) is 42.5 Å². The maximum Gasteiger partial charge on any atom is 0.239 e. The minimum absolute atomic E-state index is 0.00869. The second-order valence-corrected chi connectivity index (χ2v) is 10.8. The number of likely N-dealkylation sites (tertiary alicyclic amines) is 2. The fourth-order valence-corrected chi connectivity index (χ4v) is 5.86. The molecular formula is C29H39ClFN3O. The van der Waals surface area contributed by atoms with E-state index in [1.54, 1.807) is 12.1 Å². The first kappa shape index (κ1) is 26.1. The molecule has 0 aliphatic carbocycles. The van der Waals surface area contributed by atoms with Gasteiger partial charge in [-0.1, -0.05) is 43.1 Å². The zero-order valence-corrected chi connectivity index (χ0v) is 21.7. The zero-order chi connectivity index (χ0) is 24.8. The molecule has 190 valence electrons. The lowest BCUT2D eigenvalue weighted by atomic mass is 9.83. The SMILES string of the molecule is CCC(Cc1cc(F)ccc1C1CCN(C(=O)[C@H](N)Cc2ccc(Cl)cc2)CC1)CN1CCCC1. The number of carbonyl (C=O) groups excluding carboxylic acids is 1. The first-order chi connectivity index (χ1) is 16.9. The van der Waals surface area contributed by atoms with Crippen molar-refractivity contribution in [2.75, 3.05) is 32.7 Å². The van der Waals surface area contributed by atoms with Gasteiger partial charge in [-0.25, -0.2) is 4.39 Å². The van der Waals surface area contributed by atoms with Crippen LogP contribution >= 0.6 is 11.6 Å². The van der Waals surface area contributed by atoms with E-state index >= 15 is 0 Å². The van der Waals surface area contributed by atoms with Gasteiger partial charge in [0.25, 0.3) is 0 Å². The molecule has 2 heterocycles. The molecule has 2 saturated heterocycles. The molecule has 4 nitrogen and oxygen atoms in total. The van der Waals surface area contributed by atoms with Crippen LogP contribution in [-0.2, 0) is 17.6 Å². The Bertz CT molecular complexity index is 968. The van der Waals surface area contributed by atoms with Crippen LogP contribution < -0.4 is 5.73 Å². The molecule has 0 saturated carbocycles. The maximum atomic E-state index is 14.2. The summed E-state index contributed by atoms with van der Waals surface area (Å²) in [5.74, 6) is 0.752. The van der Waals surface area contributed by atoms with Crippen LogP contribution in [0.2, 0.25) is 5.02 Å². The van der Waals surface area contributed by atoms with Gasteiger partial charge in [-0.2, -0.15) is 0 Å². The van der Waals surface area contributed by atoms with Crippen molar-refractivity contribution in [3.8, 4) is 0 Å². The summed E-state index contributed by atoms with van der Waals surface area (Å²) in [7, 11) is 0. The van der Waals surface area contributed by atoms with Gasteiger partial charge in [-0.15, -0.1) is 0 Å². The van der Waals surface area contributed by atoms with Gasteiger partial charge in [0.2, 0.25) is 5.91 Å². The average Bonchev–Trinajstić information content (AvgIpc) is 3.38. The van der Waals surface area contributed by atoms with Crippen molar-refractivity contribution < 1.29 is 9.18 Å². The first-order valence-electron chi connectivity index (χ1n) is 13.2. The Morgan fingerprint density at radius 2 is 1.74 bits per heavy atom. The number of piperidine rings is 1. The van der Waals surface area contributed by atoms with Gasteiger partial charge < -0.3 is 15.5 Å². The summed E-state index contributed by atoms with van der Waals surface area (Å²) in [5, 5.41) is 0.678. The van der Waals surface area contributed by atoms with E-state index in [0.29, 0.717) is 36.4 Å². The highest BCUT2D eigenvalue weighted by Gasteiger charge is 2.29. The first-order valence-corrected chi connectivity index (χ1v) is 13.6. The van der Waals surface area contributed by atoms with E-state index in [0.717, 1.165) is 43.4 Å². The van der Waals surface area contributed by atoms with Crippen molar-refractivity contribution in [3.63, 3.8) is 0 Å². The van der Waals surface area contributed by atoms with E-state index in [1.165, 1.54) is 31.5 Å². The highest BCUT2D eigenvalue weighted by Crippen LogP contribution is 2.33. The summed E-state index contributed by atoms with van der Waals surface area (Å²) in [5.41, 5.74) is 9.71. The van der Waals surface area contributed by atoms with Crippen molar-refractivity contribution in [1.29, 1.82) is 0 Å². The molecule has 2 aromatic carbocycles. The molecule has 4 rings (SSSR count). The fraction of sp³-hybridized carbons (Fsp3) is 0.552. The van der Waals surface area contributed by atoms with Crippen LogP contribution in [0.1, 0.15) is 61.6 Å². The molecule has 0 radical (unpaired) electrons. The summed E-state index contributed by atoms with van der Waals surface area (Å²) in [6.45, 7) is 7.12. The molecule has 6 heteroatoms. The van der Waals surface area contributed by atoms with E-state index in [-0.39, 0.29) is 11.7 Å². The van der Waals surface area contributed by atoms with Crippen LogP contribution in [0.25, 0.3) is 0 Å². The summed E-state index contributed by atoms with van der Waals surface area (Å²) >= 11 is 5.96. The molecule has 2 N–H and O–H groups in total. The largest absolute Gasteiger partial charge is 0.341 e. The third-order valence-electron chi connectivity index (χ3n) is 7.84. The van der Waals surface area contributed by atoms with E-state index in [2.05, 4.69) is 11.8 Å². The Hall–Kier alpha value is -1.95. The molecule has 0 spiro atoms. The molecule has 2 fully saturated rings. The quantitative estimate of drug-likeness (QED) is 0.501. The fourth-order valence-electron chi connectivity index (χ4n) is 5.74. The number of carbonyl (C=O) groups is 1. The van der Waals surface area contributed by atoms with E-state index in [9.17, 15) is 9.18 Å². The van der Waals surface area contributed by atoms with E-state index < -0.39 is 6.04 Å². The normalized spacial score (nSPS) is 19.1. The molecule has 2 aliphatic heterocycles. The van der Waals surface area contributed by atoms with Gasteiger partial charge in [0.1, 0.15) is 5.82 Å². The standard InChI is InChI=1S/C29H39ClFN3O/c1-2-21(20-33-13-3-4-14-33)17-24-19-26(31)9-10-27(24)23-11-15-34(16-12-23)29(35)28(32)18-22-5-7-25(30)8-6-22/h5-10,19,21,23,28H,2-4,11-18,20,32H2,1H3/t21?,28-/m1/s1. The number of hydrogen-bond donors (Lipinski definition) is 1. The number of amides is 1. The minimum atomic E-state index is -0.551. The molecule has 0 aromatic heterocycles. The number of hydrogen-bond acceptors (Lipinski definition) is 3. The lowest BCUT2D eigenvalue weighted by molar-refractivity contribution is -0.133. The van der Waals surface area contributed by atoms with Crippen LogP contribution in [-0.4, -0.2) is 54.5 Å². The van der Waals surface area contributed by atoms with Gasteiger partial charge in [0.15, 0.2) is 0 Å². The predicted molar refractivity (Wildman–Crippen MR) is 141 cm³/mol. The number of halogens is 2. The molecule has 2 aromatic rings. The molecule has 0 bridgehead atoms. The number of benzene rings is 2. The Labute approximate surface area is 214 Å². The van der Waals surface area contributed by atoms with E-state index in [4.69, 9.17) is 17.3 Å². The molecular weight excluding hydrogens is 461 g/mol. The highest BCUT2D eigenvalue weighted by atomic mass is 35.5. The average molecular weight is 500 g/mol. The Morgan fingerprint density at radius 1 is 1.06 bits per heavy atom. The minimum Gasteiger partial charge on any atom is -0.341 e. The van der Waals surface area contributed by atoms with Gasteiger partial charge in [0, 0.05) is 24.7 Å². The van der Waals surface area contributed by atoms with Gasteiger partial charge in [-0.05, 0) is 104 Å². The predicted octanol–water partition coefficient (Wildman–Crippen LogP) is 5.42. The van der Waals surface area contributed by atoms with Crippen LogP contribution in [0.5, 0.6) is 0 Å². The van der Waals surface area contributed by atoms with Gasteiger partial charge in [0.05, 0.1) is 6.04 Å². The topological polar surface area (TPSA) is 49.6 Å². The lowest BCUT2D eigenvalue weighted by Crippen LogP contribution is -2.47. The number of rotatable bonds is 9. The zero-order valence-electron chi connectivity index (χ0n) is 20.9. The van der Waals surface area contributed by atoms with E-state index in [1.807, 2.05) is 35.2 Å². The summed E-state index contributed by atoms with van der Waals surface area (Å²) in [6.07, 6.45) is 6.90. The molecule has 2 aliphatic rings. The van der Waals surface area contributed by atoms with Crippen LogP contribution in [0, 0.1) is 11.7 Å². The number of nitrogens with zero attached hydrogens (tertiary/aromatic N) is 2. The second kappa shape index (κ2) is 12.3. The summed E-state index contributed by atoms with van der Waals surface area (Å²) < 4.78 is 14.2. The third kappa shape index (κ3) is 7.05. The third-order valence-corrected chi connectivity index (χ3v) is 8.09. The lowest BCUT2D eigenvalue weighted by Gasteiger charge is -2.35. The van der Waals surface area contributed by atoms with Crippen molar-refractivity contribution in [2.24, 2.45) is 11.7 Å². The number of nitrogens with two attached hydrogens (primary N) is 1. The molecule has 1 unspecified atom stereocenters. The molecule has 2 atom stereocenters. The van der Waals surface area contributed by atoms with Crippen molar-refractivity contribution in [2.45, 2.75) is 63.8 Å². The van der Waals surface area contributed by atoms with Crippen LogP contribution in [0.4, 0.5) is 4.39 Å². The molecule has 35 heavy (non-hydrogen) atoms. The van der Waals surface area contributed by atoms with Gasteiger partial charge >= 0.3 is 0 Å².